The van der Waals surface area contributed by atoms with E-state index in [0.717, 1.165) is 0 Å². The second-order valence-electron chi connectivity index (χ2n) is 1.18. The van der Waals surface area contributed by atoms with Gasteiger partial charge in [0.1, 0.15) is 5.82 Å². The Morgan fingerprint density at radius 2 is 2.62 bits per heavy atom. The van der Waals surface area contributed by atoms with Crippen LogP contribution in [0.1, 0.15) is 12.5 Å². The predicted octanol–water partition coefficient (Wildman–Crippen LogP) is 0.367. The molecule has 0 bridgehead atoms. The molecule has 0 saturated heterocycles. The molecule has 1 heterocycles. The van der Waals surface area contributed by atoms with Gasteiger partial charge >= 0.3 is 0 Å². The van der Waals surface area contributed by atoms with Gasteiger partial charge in [0.15, 0.2) is 0 Å². The second kappa shape index (κ2) is 1.78. The first kappa shape index (κ1) is 1.69. The lowest BCUT2D eigenvalue weighted by atomic mass is 10.4. The van der Waals surface area contributed by atoms with Gasteiger partial charge in [-0.05, 0) is 18.9 Å². The summed E-state index contributed by atoms with van der Waals surface area (Å²) in [5.74, 6) is -0.238. The topological polar surface area (TPSA) is 51.8 Å². The van der Waals surface area contributed by atoms with Crippen molar-refractivity contribution in [3.8, 4) is 0 Å². The van der Waals surface area contributed by atoms with Crippen molar-refractivity contribution >= 4 is 5.82 Å². The summed E-state index contributed by atoms with van der Waals surface area (Å²) in [6.45, 7) is -2.52. The lowest BCUT2D eigenvalue weighted by molar-refractivity contribution is 0.990. The molecule has 0 spiro atoms. The Labute approximate surface area is 54.6 Å². The van der Waals surface area contributed by atoms with Crippen LogP contribution in [0.2, 0.25) is 0 Å². The Bertz CT molecular complexity index is 334. The maximum absolute atomic E-state index is 7.26. The van der Waals surface area contributed by atoms with E-state index in [1.807, 2.05) is 0 Å². The molecule has 3 nitrogen and oxygen atoms in total. The molecule has 0 fully saturated rings. The van der Waals surface area contributed by atoms with Crippen molar-refractivity contribution in [2.75, 3.05) is 5.73 Å². The van der Waals surface area contributed by atoms with E-state index in [4.69, 9.17) is 12.6 Å². The lowest BCUT2D eigenvalue weighted by Crippen LogP contribution is -1.92. The average molecular weight is 114 g/mol. The zero-order valence-electron chi connectivity index (χ0n) is 8.97. The summed E-state index contributed by atoms with van der Waals surface area (Å²) in [4.78, 5) is 0. The van der Waals surface area contributed by atoms with Crippen molar-refractivity contribution in [1.82, 2.24) is 10.2 Å². The molecule has 0 radical (unpaired) electrons. The SMILES string of the molecule is [2H]c1c(N)nnc(C([2H])([2H])[2H])c1[2H]. The van der Waals surface area contributed by atoms with Crippen molar-refractivity contribution in [3.63, 3.8) is 0 Å². The predicted molar refractivity (Wildman–Crippen MR) is 31.2 cm³/mol. The lowest BCUT2D eigenvalue weighted by Gasteiger charge is -1.87. The van der Waals surface area contributed by atoms with Gasteiger partial charge in [0.2, 0.25) is 0 Å². The van der Waals surface area contributed by atoms with Gasteiger partial charge < -0.3 is 5.73 Å². The molecule has 0 saturated carbocycles. The molecule has 1 aromatic heterocycles. The first-order valence-corrected chi connectivity index (χ1v) is 1.94. The standard InChI is InChI=1S/C5H7N3/c1-4-2-3-5(6)8-7-4/h2-3H,1H3,(H2,6,8)/i1D3,2D,3D. The Morgan fingerprint density at radius 1 is 1.75 bits per heavy atom. The van der Waals surface area contributed by atoms with E-state index in [0.29, 0.717) is 0 Å². The van der Waals surface area contributed by atoms with E-state index < -0.39 is 24.6 Å². The highest BCUT2D eigenvalue weighted by Gasteiger charge is 1.83. The zero-order valence-corrected chi connectivity index (χ0v) is 3.97. The van der Waals surface area contributed by atoms with E-state index in [1.165, 1.54) is 0 Å². The highest BCUT2D eigenvalue weighted by atomic mass is 15.1. The molecule has 0 unspecified atom stereocenters. The third kappa shape index (κ3) is 0.932. The minimum absolute atomic E-state index is 0.238. The molecule has 2 N–H and O–H groups in total. The molecular weight excluding hydrogens is 102 g/mol. The number of rotatable bonds is 0. The summed E-state index contributed by atoms with van der Waals surface area (Å²) in [6.07, 6.45) is 0. The smallest absolute Gasteiger partial charge is 0.146 e. The summed E-state index contributed by atoms with van der Waals surface area (Å²) in [7, 11) is 0. The minimum atomic E-state index is -2.52. The molecule has 42 valence electrons. The average Bonchev–Trinajstić information content (AvgIpc) is 1.98. The fourth-order valence-corrected chi connectivity index (χ4v) is 0.277. The van der Waals surface area contributed by atoms with Crippen LogP contribution >= 0.6 is 0 Å². The van der Waals surface area contributed by atoms with Crippen LogP contribution in [-0.4, -0.2) is 10.2 Å². The van der Waals surface area contributed by atoms with Crippen LogP contribution in [-0.2, 0) is 0 Å². The first-order valence-electron chi connectivity index (χ1n) is 4.44. The van der Waals surface area contributed by atoms with E-state index >= 15 is 0 Å². The monoisotopic (exact) mass is 114 g/mol. The minimum Gasteiger partial charge on any atom is -0.382 e. The number of hydrogen-bond donors (Lipinski definition) is 1. The third-order valence-corrected chi connectivity index (χ3v) is 0.567. The van der Waals surface area contributed by atoms with Gasteiger partial charge in [-0.25, -0.2) is 0 Å². The zero-order chi connectivity index (χ0) is 10.2. The molecule has 0 aliphatic heterocycles. The summed E-state index contributed by atoms with van der Waals surface area (Å²) < 4.78 is 35.4. The van der Waals surface area contributed by atoms with Crippen LogP contribution in [0.4, 0.5) is 5.82 Å². The van der Waals surface area contributed by atoms with Crippen LogP contribution in [0.5, 0.6) is 0 Å². The number of hydrogen-bond acceptors (Lipinski definition) is 3. The van der Waals surface area contributed by atoms with E-state index in [-0.39, 0.29) is 5.82 Å². The molecule has 0 amide bonds. The van der Waals surface area contributed by atoms with E-state index in [9.17, 15) is 0 Å². The summed E-state index contributed by atoms with van der Waals surface area (Å²) >= 11 is 0. The Kier molecular flexibility index (Phi) is 0.374. The maximum atomic E-state index is 7.26. The summed E-state index contributed by atoms with van der Waals surface area (Å²) in [5, 5.41) is 6.53. The third-order valence-electron chi connectivity index (χ3n) is 0.567. The van der Waals surface area contributed by atoms with Gasteiger partial charge in [0, 0.05) is 4.11 Å². The Morgan fingerprint density at radius 3 is 3.38 bits per heavy atom. The molecule has 1 aromatic rings. The molecule has 0 aliphatic rings. The van der Waals surface area contributed by atoms with Crippen LogP contribution in [0.3, 0.4) is 0 Å². The molecular formula is C5H7N3. The van der Waals surface area contributed by atoms with Crippen LogP contribution in [0, 0.1) is 6.85 Å². The highest BCUT2D eigenvalue weighted by molar-refractivity contribution is 5.24. The number of aryl methyl sites for hydroxylation is 1. The van der Waals surface area contributed by atoms with Gasteiger partial charge in [0.25, 0.3) is 0 Å². The van der Waals surface area contributed by atoms with Crippen LogP contribution < -0.4 is 5.73 Å². The molecule has 0 atom stereocenters. The maximum Gasteiger partial charge on any atom is 0.146 e. The Hall–Kier alpha value is -1.12. The van der Waals surface area contributed by atoms with Crippen molar-refractivity contribution < 1.29 is 6.85 Å². The highest BCUT2D eigenvalue weighted by Crippen LogP contribution is 1.92. The summed E-state index contributed by atoms with van der Waals surface area (Å²) in [6, 6.07) is -0.895. The quantitative estimate of drug-likeness (QED) is 0.530. The van der Waals surface area contributed by atoms with Gasteiger partial charge in [-0.15, -0.1) is 5.10 Å². The number of nitrogens with zero attached hydrogens (tertiary/aromatic N) is 2. The number of anilines is 1. The first-order chi connectivity index (χ1) is 5.84. The van der Waals surface area contributed by atoms with Crippen LogP contribution in [0.25, 0.3) is 0 Å². The molecule has 0 aliphatic carbocycles. The van der Waals surface area contributed by atoms with Crippen molar-refractivity contribution in [3.05, 3.63) is 17.8 Å². The van der Waals surface area contributed by atoms with E-state index in [2.05, 4.69) is 10.2 Å². The fraction of sp³-hybridized carbons (Fsp3) is 0.200. The van der Waals surface area contributed by atoms with Crippen molar-refractivity contribution in [1.29, 1.82) is 0 Å². The van der Waals surface area contributed by atoms with Gasteiger partial charge in [-0.1, -0.05) is 0 Å². The van der Waals surface area contributed by atoms with Crippen molar-refractivity contribution in [2.45, 2.75) is 6.85 Å². The van der Waals surface area contributed by atoms with E-state index in [1.54, 1.807) is 0 Å². The summed E-state index contributed by atoms with van der Waals surface area (Å²) in [5.41, 5.74) is 4.67. The molecule has 8 heavy (non-hydrogen) atoms. The number of nitrogen functional groups attached to an aromatic ring is 1. The second-order valence-corrected chi connectivity index (χ2v) is 1.18. The van der Waals surface area contributed by atoms with Gasteiger partial charge in [-0.2, -0.15) is 5.10 Å². The largest absolute Gasteiger partial charge is 0.382 e. The van der Waals surface area contributed by atoms with Gasteiger partial charge in [-0.3, -0.25) is 0 Å². The number of aromatic nitrogens is 2. The van der Waals surface area contributed by atoms with Crippen LogP contribution in [0.15, 0.2) is 12.1 Å². The molecule has 1 rings (SSSR count). The normalized spacial score (nSPS) is 19.8. The molecule has 0 aromatic carbocycles. The van der Waals surface area contributed by atoms with Gasteiger partial charge in [0.05, 0.1) is 8.44 Å². The fourth-order valence-electron chi connectivity index (χ4n) is 0.277. The number of nitrogens with two attached hydrogens (primary N) is 1. The molecule has 3 heteroatoms. The Balaban J connectivity index is 3.35. The van der Waals surface area contributed by atoms with Crippen molar-refractivity contribution in [2.24, 2.45) is 0 Å².